The molecule has 0 N–H and O–H groups in total. The van der Waals surface area contributed by atoms with E-state index in [0.717, 1.165) is 5.19 Å². The summed E-state index contributed by atoms with van der Waals surface area (Å²) in [5, 5.41) is 0.779. The molecule has 4 heteroatoms. The number of benzene rings is 1. The molecule has 1 radical (unpaired) electrons. The van der Waals surface area contributed by atoms with Gasteiger partial charge >= 0.3 is 0 Å². The van der Waals surface area contributed by atoms with Crippen molar-refractivity contribution in [1.82, 2.24) is 4.90 Å². The highest BCUT2D eigenvalue weighted by molar-refractivity contribution is 6.70. The number of rotatable bonds is 4. The van der Waals surface area contributed by atoms with Crippen molar-refractivity contribution < 1.29 is 9.18 Å². The molecule has 0 saturated carbocycles. The van der Waals surface area contributed by atoms with Crippen molar-refractivity contribution >= 4 is 19.9 Å². The van der Waals surface area contributed by atoms with E-state index in [1.54, 1.807) is 11.0 Å². The maximum Gasteiger partial charge on any atom is 0.254 e. The van der Waals surface area contributed by atoms with E-state index < -0.39 is 14.2 Å². The number of carbonyl (C=O) groups is 1. The summed E-state index contributed by atoms with van der Waals surface area (Å²) >= 11 is 0. The van der Waals surface area contributed by atoms with Crippen molar-refractivity contribution in [3.63, 3.8) is 0 Å². The van der Waals surface area contributed by atoms with Gasteiger partial charge in [0, 0.05) is 24.2 Å². The van der Waals surface area contributed by atoms with Crippen molar-refractivity contribution in [3.05, 3.63) is 29.1 Å². The number of hydrogen-bond donors (Lipinski definition) is 0. The molecule has 0 spiro atoms. The van der Waals surface area contributed by atoms with Crippen LogP contribution in [0, 0.1) is 5.82 Å². The van der Waals surface area contributed by atoms with E-state index >= 15 is 0 Å². The van der Waals surface area contributed by atoms with E-state index in [-0.39, 0.29) is 11.7 Å². The van der Waals surface area contributed by atoms with Crippen LogP contribution in [-0.4, -0.2) is 32.7 Å². The summed E-state index contributed by atoms with van der Waals surface area (Å²) in [5.41, 5.74) is 0.675. The predicted octanol–water partition coefficient (Wildman–Crippen LogP) is 3.57. The molecule has 0 aliphatic heterocycles. The lowest BCUT2D eigenvalue weighted by Crippen LogP contribution is -2.36. The Labute approximate surface area is 130 Å². The van der Waals surface area contributed by atoms with Crippen LogP contribution in [0.15, 0.2) is 12.1 Å². The summed E-state index contributed by atoms with van der Waals surface area (Å²) in [4.78, 5) is 14.4. The fourth-order valence-electron chi connectivity index (χ4n) is 2.55. The Balaban J connectivity index is 3.53. The molecule has 0 heterocycles. The molecule has 21 heavy (non-hydrogen) atoms. The Bertz CT molecular complexity index is 516. The Kier molecular flexibility index (Phi) is 5.73. The maximum absolute atomic E-state index is 15.0. The average molecular weight is 308 g/mol. The summed E-state index contributed by atoms with van der Waals surface area (Å²) in [5.74, 6) is -0.254. The monoisotopic (exact) mass is 308 g/mol. The molecule has 0 fully saturated rings. The van der Waals surface area contributed by atoms with Crippen LogP contribution in [0.2, 0.25) is 13.1 Å². The van der Waals surface area contributed by atoms with Crippen LogP contribution < -0.4 is 5.19 Å². The van der Waals surface area contributed by atoms with Gasteiger partial charge in [0.15, 0.2) is 0 Å². The second-order valence-corrected chi connectivity index (χ2v) is 9.12. The van der Waals surface area contributed by atoms with E-state index in [0.29, 0.717) is 24.2 Å². The van der Waals surface area contributed by atoms with Crippen LogP contribution in [0.5, 0.6) is 0 Å². The van der Waals surface area contributed by atoms with Crippen LogP contribution in [0.25, 0.3) is 0 Å². The number of carbonyl (C=O) groups excluding carboxylic acids is 1. The van der Waals surface area contributed by atoms with E-state index in [2.05, 4.69) is 13.1 Å². The molecule has 1 aromatic rings. The van der Waals surface area contributed by atoms with Gasteiger partial charge in [-0.2, -0.15) is 0 Å². The van der Waals surface area contributed by atoms with Gasteiger partial charge < -0.3 is 4.90 Å². The van der Waals surface area contributed by atoms with Crippen LogP contribution in [0.4, 0.5) is 4.39 Å². The number of amides is 1. The van der Waals surface area contributed by atoms with Crippen molar-refractivity contribution in [2.45, 2.75) is 53.1 Å². The topological polar surface area (TPSA) is 20.3 Å². The summed E-state index contributed by atoms with van der Waals surface area (Å²) in [6, 6.07) is 3.62. The lowest BCUT2D eigenvalue weighted by Gasteiger charge is -2.28. The summed E-state index contributed by atoms with van der Waals surface area (Å²) in [7, 11) is -0.897. The average Bonchev–Trinajstić information content (AvgIpc) is 2.37. The first kappa shape index (κ1) is 17.9. The Hall–Kier alpha value is -1.16. The van der Waals surface area contributed by atoms with Gasteiger partial charge in [0.2, 0.25) is 0 Å². The summed E-state index contributed by atoms with van der Waals surface area (Å²) < 4.78 is 15.0. The molecule has 0 bridgehead atoms. The lowest BCUT2D eigenvalue weighted by molar-refractivity contribution is 0.0769. The third-order valence-electron chi connectivity index (χ3n) is 3.71. The van der Waals surface area contributed by atoms with Gasteiger partial charge in [0.25, 0.3) is 5.91 Å². The second kappa shape index (κ2) is 6.73. The minimum atomic E-state index is -0.897. The smallest absolute Gasteiger partial charge is 0.254 e. The molecule has 1 amide bonds. The minimum Gasteiger partial charge on any atom is -0.339 e. The van der Waals surface area contributed by atoms with Crippen molar-refractivity contribution in [3.8, 4) is 0 Å². The first-order valence-corrected chi connectivity index (χ1v) is 10.1. The van der Waals surface area contributed by atoms with E-state index in [9.17, 15) is 9.18 Å². The molecular weight excluding hydrogens is 281 g/mol. The van der Waals surface area contributed by atoms with Crippen molar-refractivity contribution in [2.75, 3.05) is 13.1 Å². The van der Waals surface area contributed by atoms with Gasteiger partial charge in [-0.15, -0.1) is 0 Å². The summed E-state index contributed by atoms with van der Waals surface area (Å²) in [6.45, 7) is 15.2. The first-order valence-electron chi connectivity index (χ1n) is 7.57. The standard InChI is InChI=1S/C17H27FNOSi/c1-8-19(9-2)16(20)12-10-11-13(21(6)7)15(18)14(12)17(3,4)5/h10-11H,8-9H2,1-7H3. The van der Waals surface area contributed by atoms with Gasteiger partial charge in [-0.25, -0.2) is 4.39 Å². The zero-order chi connectivity index (χ0) is 16.4. The van der Waals surface area contributed by atoms with E-state index in [1.807, 2.05) is 40.7 Å². The molecule has 117 valence electrons. The van der Waals surface area contributed by atoms with E-state index in [1.165, 1.54) is 0 Å². The third-order valence-corrected chi connectivity index (χ3v) is 5.18. The third kappa shape index (κ3) is 3.73. The Morgan fingerprint density at radius 1 is 1.19 bits per heavy atom. The highest BCUT2D eigenvalue weighted by Crippen LogP contribution is 2.29. The van der Waals surface area contributed by atoms with Gasteiger partial charge in [0.1, 0.15) is 5.82 Å². The van der Waals surface area contributed by atoms with Gasteiger partial charge in [-0.3, -0.25) is 4.79 Å². The predicted molar refractivity (Wildman–Crippen MR) is 89.5 cm³/mol. The molecule has 0 aliphatic rings. The van der Waals surface area contributed by atoms with Crippen LogP contribution in [0.1, 0.15) is 50.5 Å². The van der Waals surface area contributed by atoms with Gasteiger partial charge in [0.05, 0.1) is 8.80 Å². The van der Waals surface area contributed by atoms with Gasteiger partial charge in [-0.05, 0) is 30.5 Å². The van der Waals surface area contributed by atoms with E-state index in [4.69, 9.17) is 0 Å². The first-order chi connectivity index (χ1) is 9.65. The van der Waals surface area contributed by atoms with Gasteiger partial charge in [-0.1, -0.05) is 39.9 Å². The molecule has 0 atom stereocenters. The second-order valence-electron chi connectivity index (χ2n) is 6.58. The summed E-state index contributed by atoms with van der Waals surface area (Å²) in [6.07, 6.45) is 0. The SMILES string of the molecule is CCN(CC)C(=O)c1ccc([Si](C)C)c(F)c1C(C)(C)C. The molecule has 0 saturated heterocycles. The molecule has 1 rings (SSSR count). The fraction of sp³-hybridized carbons (Fsp3) is 0.588. The van der Waals surface area contributed by atoms with Crippen LogP contribution in [-0.2, 0) is 5.41 Å². The molecule has 0 unspecified atom stereocenters. The highest BCUT2D eigenvalue weighted by atomic mass is 28.3. The number of hydrogen-bond acceptors (Lipinski definition) is 1. The molecule has 1 aromatic carbocycles. The Morgan fingerprint density at radius 2 is 1.71 bits per heavy atom. The molecule has 0 aliphatic carbocycles. The minimum absolute atomic E-state index is 0.0728. The molecule has 2 nitrogen and oxygen atoms in total. The fourth-order valence-corrected chi connectivity index (χ4v) is 3.54. The van der Waals surface area contributed by atoms with Crippen molar-refractivity contribution in [1.29, 1.82) is 0 Å². The molecule has 0 aromatic heterocycles. The zero-order valence-electron chi connectivity index (χ0n) is 14.3. The quantitative estimate of drug-likeness (QED) is 0.779. The molecular formula is C17H27FNOSi. The van der Waals surface area contributed by atoms with Crippen LogP contribution >= 0.6 is 0 Å². The zero-order valence-corrected chi connectivity index (χ0v) is 15.3. The number of halogens is 1. The highest BCUT2D eigenvalue weighted by Gasteiger charge is 2.29. The lowest BCUT2D eigenvalue weighted by atomic mass is 9.83. The Morgan fingerprint density at radius 3 is 2.10 bits per heavy atom. The maximum atomic E-state index is 15.0. The normalized spacial score (nSPS) is 11.9. The van der Waals surface area contributed by atoms with Crippen molar-refractivity contribution in [2.24, 2.45) is 0 Å². The number of nitrogens with zero attached hydrogens (tertiary/aromatic N) is 1. The largest absolute Gasteiger partial charge is 0.339 e. The van der Waals surface area contributed by atoms with Crippen LogP contribution in [0.3, 0.4) is 0 Å².